The van der Waals surface area contributed by atoms with E-state index >= 15 is 0 Å². The van der Waals surface area contributed by atoms with E-state index in [4.69, 9.17) is 9.15 Å². The van der Waals surface area contributed by atoms with E-state index in [2.05, 4.69) is 0 Å². The first kappa shape index (κ1) is 16.0. The molecule has 1 aliphatic rings. The zero-order valence-corrected chi connectivity index (χ0v) is 12.8. The molecule has 7 nitrogen and oxygen atoms in total. The van der Waals surface area contributed by atoms with Crippen LogP contribution >= 0.6 is 0 Å². The lowest BCUT2D eigenvalue weighted by Gasteiger charge is -2.27. The van der Waals surface area contributed by atoms with Crippen molar-refractivity contribution < 1.29 is 22.4 Å². The Morgan fingerprint density at radius 1 is 1.38 bits per heavy atom. The van der Waals surface area contributed by atoms with Gasteiger partial charge in [0, 0.05) is 26.1 Å². The minimum Gasteiger partial charge on any atom is -0.468 e. The predicted molar refractivity (Wildman–Crippen MR) is 76.0 cm³/mol. The Bertz CT molecular complexity index is 549. The number of ether oxygens (including phenoxy) is 1. The molecule has 8 heteroatoms. The van der Waals surface area contributed by atoms with E-state index in [1.807, 2.05) is 0 Å². The minimum atomic E-state index is -3.39. The molecule has 0 atom stereocenters. The molecular formula is C13H20N2O5S. The maximum Gasteiger partial charge on any atom is 0.224 e. The summed E-state index contributed by atoms with van der Waals surface area (Å²) in [5, 5.41) is 0. The molecule has 0 bridgehead atoms. The number of morpholine rings is 1. The molecule has 21 heavy (non-hydrogen) atoms. The predicted octanol–water partition coefficient (Wildman–Crippen LogP) is 0.290. The molecular weight excluding hydrogens is 296 g/mol. The highest BCUT2D eigenvalue weighted by atomic mass is 32.2. The van der Waals surface area contributed by atoms with Gasteiger partial charge in [0.15, 0.2) is 0 Å². The molecule has 2 heterocycles. The first-order valence-corrected chi connectivity index (χ1v) is 8.64. The SMILES string of the molecule is CS(=O)(=O)N(CCC(=O)N1CCOCC1)Cc1ccco1. The molecule has 1 fully saturated rings. The second kappa shape index (κ2) is 7.06. The fraction of sp³-hybridized carbons (Fsp3) is 0.615. The van der Waals surface area contributed by atoms with Crippen LogP contribution in [0.1, 0.15) is 12.2 Å². The lowest BCUT2D eigenvalue weighted by atomic mass is 10.3. The lowest BCUT2D eigenvalue weighted by molar-refractivity contribution is -0.135. The summed E-state index contributed by atoms with van der Waals surface area (Å²) < 4.78 is 35.2. The van der Waals surface area contributed by atoms with Crippen LogP contribution < -0.4 is 0 Å². The molecule has 0 N–H and O–H groups in total. The molecule has 0 spiro atoms. The first-order valence-electron chi connectivity index (χ1n) is 6.80. The first-order chi connectivity index (χ1) is 9.97. The van der Waals surface area contributed by atoms with Gasteiger partial charge >= 0.3 is 0 Å². The summed E-state index contributed by atoms with van der Waals surface area (Å²) in [5.74, 6) is 0.505. The molecule has 0 unspecified atom stereocenters. The van der Waals surface area contributed by atoms with Crippen LogP contribution in [-0.2, 0) is 26.1 Å². The smallest absolute Gasteiger partial charge is 0.224 e. The highest BCUT2D eigenvalue weighted by molar-refractivity contribution is 7.88. The zero-order valence-electron chi connectivity index (χ0n) is 12.0. The van der Waals surface area contributed by atoms with E-state index in [0.29, 0.717) is 32.1 Å². The van der Waals surface area contributed by atoms with Crippen LogP contribution in [0.25, 0.3) is 0 Å². The molecule has 0 radical (unpaired) electrons. The average molecular weight is 316 g/mol. The summed E-state index contributed by atoms with van der Waals surface area (Å²) in [6, 6.07) is 3.41. The van der Waals surface area contributed by atoms with Crippen LogP contribution in [0.15, 0.2) is 22.8 Å². The van der Waals surface area contributed by atoms with Crippen LogP contribution in [0.3, 0.4) is 0 Å². The number of carbonyl (C=O) groups is 1. The number of hydrogen-bond donors (Lipinski definition) is 0. The van der Waals surface area contributed by atoms with Gasteiger partial charge < -0.3 is 14.1 Å². The third-order valence-corrected chi connectivity index (χ3v) is 4.57. The Hall–Kier alpha value is -1.38. The molecule has 1 aromatic rings. The van der Waals surface area contributed by atoms with E-state index in [1.54, 1.807) is 17.0 Å². The van der Waals surface area contributed by atoms with Crippen molar-refractivity contribution in [2.45, 2.75) is 13.0 Å². The standard InChI is InChI=1S/C13H20N2O5S/c1-21(17,18)15(11-12-3-2-8-20-12)5-4-13(16)14-6-9-19-10-7-14/h2-3,8H,4-7,9-11H2,1H3. The van der Waals surface area contributed by atoms with Gasteiger partial charge in [-0.15, -0.1) is 0 Å². The molecule has 118 valence electrons. The second-order valence-electron chi connectivity index (χ2n) is 4.92. The van der Waals surface area contributed by atoms with Gasteiger partial charge in [0.05, 0.1) is 32.3 Å². The quantitative estimate of drug-likeness (QED) is 0.753. The highest BCUT2D eigenvalue weighted by Gasteiger charge is 2.22. The fourth-order valence-corrected chi connectivity index (χ4v) is 2.91. The summed E-state index contributed by atoms with van der Waals surface area (Å²) in [5.41, 5.74) is 0. The Morgan fingerprint density at radius 2 is 2.10 bits per heavy atom. The molecule has 1 saturated heterocycles. The summed E-state index contributed by atoms with van der Waals surface area (Å²) in [6.07, 6.45) is 2.79. The van der Waals surface area contributed by atoms with E-state index < -0.39 is 10.0 Å². The Balaban J connectivity index is 1.91. The van der Waals surface area contributed by atoms with Crippen LogP contribution in [0, 0.1) is 0 Å². The third-order valence-electron chi connectivity index (χ3n) is 3.32. The van der Waals surface area contributed by atoms with E-state index in [-0.39, 0.29) is 25.4 Å². The summed E-state index contributed by atoms with van der Waals surface area (Å²) in [6.45, 7) is 2.49. The van der Waals surface area contributed by atoms with Crippen molar-refractivity contribution in [2.24, 2.45) is 0 Å². The molecule has 0 aromatic carbocycles. The Morgan fingerprint density at radius 3 is 2.67 bits per heavy atom. The largest absolute Gasteiger partial charge is 0.468 e. The summed E-state index contributed by atoms with van der Waals surface area (Å²) in [7, 11) is -3.39. The number of rotatable bonds is 6. The van der Waals surface area contributed by atoms with Crippen LogP contribution in [-0.4, -0.2) is 62.6 Å². The number of sulfonamides is 1. The van der Waals surface area contributed by atoms with Gasteiger partial charge in [-0.25, -0.2) is 8.42 Å². The van der Waals surface area contributed by atoms with Gasteiger partial charge in [0.2, 0.25) is 15.9 Å². The van der Waals surface area contributed by atoms with Crippen molar-refractivity contribution in [3.63, 3.8) is 0 Å². The maximum atomic E-state index is 12.1. The fourth-order valence-electron chi connectivity index (χ4n) is 2.13. The molecule has 0 aliphatic carbocycles. The molecule has 1 amide bonds. The van der Waals surface area contributed by atoms with Crippen molar-refractivity contribution in [1.29, 1.82) is 0 Å². The van der Waals surface area contributed by atoms with Crippen LogP contribution in [0.5, 0.6) is 0 Å². The average Bonchev–Trinajstić information content (AvgIpc) is 2.96. The third kappa shape index (κ3) is 4.83. The van der Waals surface area contributed by atoms with Crippen molar-refractivity contribution >= 4 is 15.9 Å². The molecule has 0 saturated carbocycles. The van der Waals surface area contributed by atoms with Gasteiger partial charge in [-0.1, -0.05) is 0 Å². The van der Waals surface area contributed by atoms with Crippen molar-refractivity contribution in [3.05, 3.63) is 24.2 Å². The number of amides is 1. The maximum absolute atomic E-state index is 12.1. The Labute approximate surface area is 124 Å². The number of hydrogen-bond acceptors (Lipinski definition) is 5. The summed E-state index contributed by atoms with van der Waals surface area (Å²) >= 11 is 0. The van der Waals surface area contributed by atoms with E-state index in [0.717, 1.165) is 6.26 Å². The topological polar surface area (TPSA) is 80.1 Å². The van der Waals surface area contributed by atoms with Crippen LogP contribution in [0.4, 0.5) is 0 Å². The van der Waals surface area contributed by atoms with Gasteiger partial charge in [0.1, 0.15) is 5.76 Å². The minimum absolute atomic E-state index is 0.0496. The normalized spacial score (nSPS) is 16.4. The van der Waals surface area contributed by atoms with Gasteiger partial charge in [0.25, 0.3) is 0 Å². The molecule has 2 rings (SSSR count). The second-order valence-corrected chi connectivity index (χ2v) is 6.90. The number of carbonyl (C=O) groups excluding carboxylic acids is 1. The highest BCUT2D eigenvalue weighted by Crippen LogP contribution is 2.10. The molecule has 1 aliphatic heterocycles. The van der Waals surface area contributed by atoms with E-state index in [1.165, 1.54) is 10.6 Å². The van der Waals surface area contributed by atoms with Crippen LogP contribution in [0.2, 0.25) is 0 Å². The number of nitrogens with zero attached hydrogens (tertiary/aromatic N) is 2. The van der Waals surface area contributed by atoms with Crippen molar-refractivity contribution in [1.82, 2.24) is 9.21 Å². The van der Waals surface area contributed by atoms with Gasteiger partial charge in [-0.2, -0.15) is 4.31 Å². The van der Waals surface area contributed by atoms with Gasteiger partial charge in [-0.3, -0.25) is 4.79 Å². The Kier molecular flexibility index (Phi) is 5.38. The molecule has 1 aromatic heterocycles. The van der Waals surface area contributed by atoms with E-state index in [9.17, 15) is 13.2 Å². The lowest BCUT2D eigenvalue weighted by Crippen LogP contribution is -2.42. The van der Waals surface area contributed by atoms with Crippen molar-refractivity contribution in [2.75, 3.05) is 39.1 Å². The summed E-state index contributed by atoms with van der Waals surface area (Å²) in [4.78, 5) is 13.8. The van der Waals surface area contributed by atoms with Gasteiger partial charge in [-0.05, 0) is 12.1 Å². The monoisotopic (exact) mass is 316 g/mol. The number of furan rings is 1. The zero-order chi connectivity index (χ0) is 15.3. The van der Waals surface area contributed by atoms with Crippen molar-refractivity contribution in [3.8, 4) is 0 Å².